The number of nitrogens with two attached hydrogens (primary N) is 1. The number of ether oxygens (including phenoxy) is 1. The molecule has 2 N–H and O–H groups in total. The van der Waals surface area contributed by atoms with Crippen LogP contribution in [0.1, 0.15) is 24.8 Å². The SMILES string of the molecule is N#Cc1cccc(-c2ccc3nc(N)nc(OCC4CCC4)c3c2)c1. The molecule has 5 heteroatoms. The van der Waals surface area contributed by atoms with Crippen LogP contribution < -0.4 is 10.5 Å². The van der Waals surface area contributed by atoms with Crippen LogP contribution in [0, 0.1) is 17.2 Å². The summed E-state index contributed by atoms with van der Waals surface area (Å²) in [5.74, 6) is 1.37. The molecule has 1 aliphatic carbocycles. The molecule has 0 unspecified atom stereocenters. The van der Waals surface area contributed by atoms with Gasteiger partial charge in [-0.3, -0.25) is 0 Å². The van der Waals surface area contributed by atoms with Crippen molar-refractivity contribution in [2.24, 2.45) is 5.92 Å². The number of fused-ring (bicyclic) bond motifs is 1. The number of nitrogens with zero attached hydrogens (tertiary/aromatic N) is 3. The summed E-state index contributed by atoms with van der Waals surface area (Å²) < 4.78 is 5.96. The molecule has 0 atom stereocenters. The molecule has 1 aliphatic rings. The zero-order valence-corrected chi connectivity index (χ0v) is 13.8. The van der Waals surface area contributed by atoms with Gasteiger partial charge in [0.1, 0.15) is 0 Å². The Bertz CT molecular complexity index is 973. The predicted molar refractivity (Wildman–Crippen MR) is 96.9 cm³/mol. The highest BCUT2D eigenvalue weighted by Crippen LogP contribution is 2.31. The van der Waals surface area contributed by atoms with Crippen molar-refractivity contribution in [2.45, 2.75) is 19.3 Å². The van der Waals surface area contributed by atoms with Crippen molar-refractivity contribution in [2.75, 3.05) is 12.3 Å². The summed E-state index contributed by atoms with van der Waals surface area (Å²) in [6.45, 7) is 0.666. The van der Waals surface area contributed by atoms with Crippen LogP contribution >= 0.6 is 0 Å². The predicted octanol–water partition coefficient (Wildman–Crippen LogP) is 3.93. The molecule has 5 nitrogen and oxygen atoms in total. The Hall–Kier alpha value is -3.13. The first-order chi connectivity index (χ1) is 12.2. The Kier molecular flexibility index (Phi) is 3.95. The lowest BCUT2D eigenvalue weighted by Gasteiger charge is -2.25. The van der Waals surface area contributed by atoms with Crippen molar-refractivity contribution in [1.29, 1.82) is 5.26 Å². The van der Waals surface area contributed by atoms with Gasteiger partial charge in [0, 0.05) is 0 Å². The molecule has 0 bridgehead atoms. The lowest BCUT2D eigenvalue weighted by atomic mass is 9.86. The minimum atomic E-state index is 0.218. The van der Waals surface area contributed by atoms with E-state index in [2.05, 4.69) is 16.0 Å². The average Bonchev–Trinajstić information content (AvgIpc) is 2.60. The average molecular weight is 330 g/mol. The van der Waals surface area contributed by atoms with Crippen LogP contribution in [-0.4, -0.2) is 16.6 Å². The van der Waals surface area contributed by atoms with Gasteiger partial charge in [0.05, 0.1) is 29.1 Å². The number of aromatic nitrogens is 2. The molecule has 25 heavy (non-hydrogen) atoms. The lowest BCUT2D eigenvalue weighted by molar-refractivity contribution is 0.177. The minimum Gasteiger partial charge on any atom is -0.477 e. The second-order valence-corrected chi connectivity index (χ2v) is 6.42. The van der Waals surface area contributed by atoms with Gasteiger partial charge >= 0.3 is 0 Å². The van der Waals surface area contributed by atoms with Gasteiger partial charge in [-0.25, -0.2) is 4.98 Å². The first-order valence-corrected chi connectivity index (χ1v) is 8.43. The molecule has 1 aromatic heterocycles. The molecule has 0 amide bonds. The molecule has 0 saturated heterocycles. The smallest absolute Gasteiger partial charge is 0.226 e. The van der Waals surface area contributed by atoms with Crippen LogP contribution in [0.4, 0.5) is 5.95 Å². The van der Waals surface area contributed by atoms with Crippen molar-refractivity contribution >= 4 is 16.9 Å². The van der Waals surface area contributed by atoms with Crippen molar-refractivity contribution in [3.05, 3.63) is 48.0 Å². The van der Waals surface area contributed by atoms with Crippen LogP contribution in [0.5, 0.6) is 5.88 Å². The molecule has 124 valence electrons. The van der Waals surface area contributed by atoms with E-state index < -0.39 is 0 Å². The van der Waals surface area contributed by atoms with E-state index in [-0.39, 0.29) is 5.95 Å². The van der Waals surface area contributed by atoms with Gasteiger partial charge < -0.3 is 10.5 Å². The van der Waals surface area contributed by atoms with Gasteiger partial charge in [0.2, 0.25) is 11.8 Å². The molecule has 0 aliphatic heterocycles. The molecule has 0 radical (unpaired) electrons. The van der Waals surface area contributed by atoms with Gasteiger partial charge in [-0.15, -0.1) is 0 Å². The molecule has 1 saturated carbocycles. The van der Waals surface area contributed by atoms with Crippen LogP contribution in [0.2, 0.25) is 0 Å². The number of anilines is 1. The second kappa shape index (κ2) is 6.40. The Balaban J connectivity index is 1.74. The highest BCUT2D eigenvalue weighted by Gasteiger charge is 2.19. The van der Waals surface area contributed by atoms with Crippen molar-refractivity contribution < 1.29 is 4.74 Å². The summed E-state index contributed by atoms with van der Waals surface area (Å²) in [6, 6.07) is 15.6. The Labute approximate surface area is 146 Å². The van der Waals surface area contributed by atoms with Gasteiger partial charge in [-0.2, -0.15) is 10.2 Å². The topological polar surface area (TPSA) is 84.8 Å². The van der Waals surface area contributed by atoms with E-state index in [4.69, 9.17) is 15.7 Å². The highest BCUT2D eigenvalue weighted by atomic mass is 16.5. The first kappa shape index (κ1) is 15.4. The fraction of sp³-hybridized carbons (Fsp3) is 0.250. The summed E-state index contributed by atoms with van der Waals surface area (Å²) in [7, 11) is 0. The van der Waals surface area contributed by atoms with E-state index >= 15 is 0 Å². The molecule has 0 spiro atoms. The second-order valence-electron chi connectivity index (χ2n) is 6.42. The third kappa shape index (κ3) is 3.11. The number of nitriles is 1. The van der Waals surface area contributed by atoms with Crippen molar-refractivity contribution in [3.8, 4) is 23.1 Å². The van der Waals surface area contributed by atoms with E-state index in [0.717, 1.165) is 22.0 Å². The van der Waals surface area contributed by atoms with E-state index in [1.54, 1.807) is 6.07 Å². The fourth-order valence-corrected chi connectivity index (χ4v) is 3.03. The summed E-state index contributed by atoms with van der Waals surface area (Å²) in [5, 5.41) is 9.94. The van der Waals surface area contributed by atoms with Crippen LogP contribution in [0.25, 0.3) is 22.0 Å². The third-order valence-corrected chi connectivity index (χ3v) is 4.68. The molecule has 3 aromatic rings. The maximum atomic E-state index is 9.10. The van der Waals surface area contributed by atoms with Gasteiger partial charge in [0.25, 0.3) is 0 Å². The Morgan fingerprint density at radius 1 is 1.12 bits per heavy atom. The van der Waals surface area contributed by atoms with E-state index in [1.807, 2.05) is 36.4 Å². The number of nitrogen functional groups attached to an aromatic ring is 1. The zero-order valence-electron chi connectivity index (χ0n) is 13.8. The van der Waals surface area contributed by atoms with Gasteiger partial charge in [-0.1, -0.05) is 24.6 Å². The molecular weight excluding hydrogens is 312 g/mol. The van der Waals surface area contributed by atoms with E-state index in [9.17, 15) is 0 Å². The summed E-state index contributed by atoms with van der Waals surface area (Å²) in [4.78, 5) is 8.59. The van der Waals surface area contributed by atoms with Crippen LogP contribution in [0.15, 0.2) is 42.5 Å². The normalized spacial score (nSPS) is 14.0. The van der Waals surface area contributed by atoms with Gasteiger partial charge in [-0.05, 0) is 54.2 Å². The summed E-state index contributed by atoms with van der Waals surface area (Å²) in [5.41, 5.74) is 9.19. The molecule has 1 fully saturated rings. The highest BCUT2D eigenvalue weighted by molar-refractivity contribution is 5.89. The quantitative estimate of drug-likeness (QED) is 0.783. The minimum absolute atomic E-state index is 0.218. The summed E-state index contributed by atoms with van der Waals surface area (Å²) >= 11 is 0. The van der Waals surface area contributed by atoms with Gasteiger partial charge in [0.15, 0.2) is 0 Å². The largest absolute Gasteiger partial charge is 0.477 e. The molecule has 2 aromatic carbocycles. The van der Waals surface area contributed by atoms with E-state index in [0.29, 0.717) is 24.0 Å². The number of hydrogen-bond donors (Lipinski definition) is 1. The number of hydrogen-bond acceptors (Lipinski definition) is 5. The van der Waals surface area contributed by atoms with E-state index in [1.165, 1.54) is 19.3 Å². The van der Waals surface area contributed by atoms with Crippen LogP contribution in [-0.2, 0) is 0 Å². The molecule has 1 heterocycles. The number of rotatable bonds is 4. The van der Waals surface area contributed by atoms with Crippen molar-refractivity contribution in [1.82, 2.24) is 9.97 Å². The zero-order chi connectivity index (χ0) is 17.2. The monoisotopic (exact) mass is 330 g/mol. The maximum Gasteiger partial charge on any atom is 0.226 e. The summed E-state index contributed by atoms with van der Waals surface area (Å²) in [6.07, 6.45) is 3.70. The standard InChI is InChI=1S/C20H18N4O/c21-11-14-5-2-6-15(9-14)16-7-8-18-17(10-16)19(24-20(22)23-18)25-12-13-3-1-4-13/h2,5-10,13H,1,3-4,12H2,(H2,22,23,24). The maximum absolute atomic E-state index is 9.10. The Morgan fingerprint density at radius 2 is 1.96 bits per heavy atom. The Morgan fingerprint density at radius 3 is 2.72 bits per heavy atom. The molecular formula is C20H18N4O. The fourth-order valence-electron chi connectivity index (χ4n) is 3.03. The first-order valence-electron chi connectivity index (χ1n) is 8.43. The van der Waals surface area contributed by atoms with Crippen LogP contribution in [0.3, 0.4) is 0 Å². The number of benzene rings is 2. The lowest BCUT2D eigenvalue weighted by Crippen LogP contribution is -2.19. The third-order valence-electron chi connectivity index (χ3n) is 4.68. The van der Waals surface area contributed by atoms with Crippen molar-refractivity contribution in [3.63, 3.8) is 0 Å². The molecule has 4 rings (SSSR count).